The number of hydrogen-bond acceptors (Lipinski definition) is 3. The molecule has 0 fully saturated rings. The van der Waals surface area contributed by atoms with Gasteiger partial charge in [0.25, 0.3) is 5.91 Å². The summed E-state index contributed by atoms with van der Waals surface area (Å²) in [5.41, 5.74) is 0.184. The molecule has 0 saturated heterocycles. The smallest absolute Gasteiger partial charge is 0.387 e. The van der Waals surface area contributed by atoms with E-state index in [0.29, 0.717) is 6.54 Å². The number of amides is 1. The van der Waals surface area contributed by atoms with Crippen LogP contribution in [0.2, 0.25) is 0 Å². The van der Waals surface area contributed by atoms with Gasteiger partial charge in [0.05, 0.1) is 6.42 Å². The standard InChI is InChI=1S/C15H19F2NO4/c1-10(2)9-18(7-6-13(19)20)14(21)11-4-3-5-12(8-11)22-15(16)17/h3-5,8,10,15H,6-7,9H2,1-2H3,(H,19,20). The quantitative estimate of drug-likeness (QED) is 0.801. The van der Waals surface area contributed by atoms with E-state index >= 15 is 0 Å². The summed E-state index contributed by atoms with van der Waals surface area (Å²) in [7, 11) is 0. The Morgan fingerprint density at radius 3 is 2.55 bits per heavy atom. The third-order valence-corrected chi connectivity index (χ3v) is 2.77. The largest absolute Gasteiger partial charge is 0.481 e. The van der Waals surface area contributed by atoms with Crippen LogP contribution >= 0.6 is 0 Å². The van der Waals surface area contributed by atoms with Gasteiger partial charge in [0, 0.05) is 18.7 Å². The molecule has 7 heteroatoms. The van der Waals surface area contributed by atoms with Gasteiger partial charge in [-0.1, -0.05) is 19.9 Å². The zero-order valence-electron chi connectivity index (χ0n) is 12.5. The predicted molar refractivity (Wildman–Crippen MR) is 76.1 cm³/mol. The number of aliphatic carboxylic acids is 1. The molecule has 0 aliphatic rings. The number of carbonyl (C=O) groups excluding carboxylic acids is 1. The van der Waals surface area contributed by atoms with Crippen molar-refractivity contribution in [3.63, 3.8) is 0 Å². The molecule has 0 atom stereocenters. The Morgan fingerprint density at radius 1 is 1.32 bits per heavy atom. The summed E-state index contributed by atoms with van der Waals surface area (Å²) in [6.07, 6.45) is -0.175. The molecule has 0 spiro atoms. The Hall–Kier alpha value is -2.18. The Morgan fingerprint density at radius 2 is 2.00 bits per heavy atom. The van der Waals surface area contributed by atoms with Crippen LogP contribution in [0.4, 0.5) is 8.78 Å². The fourth-order valence-electron chi connectivity index (χ4n) is 1.94. The number of alkyl halides is 2. The molecule has 0 bridgehead atoms. The maximum atomic E-state index is 12.4. The Balaban J connectivity index is 2.89. The van der Waals surface area contributed by atoms with Crippen molar-refractivity contribution in [3.8, 4) is 5.75 Å². The van der Waals surface area contributed by atoms with E-state index < -0.39 is 18.5 Å². The highest BCUT2D eigenvalue weighted by molar-refractivity contribution is 5.94. The zero-order chi connectivity index (χ0) is 16.7. The van der Waals surface area contributed by atoms with Gasteiger partial charge < -0.3 is 14.7 Å². The van der Waals surface area contributed by atoms with Gasteiger partial charge in [0.15, 0.2) is 0 Å². The second-order valence-electron chi connectivity index (χ2n) is 5.20. The first-order valence-corrected chi connectivity index (χ1v) is 6.85. The molecule has 0 aromatic heterocycles. The third kappa shape index (κ3) is 6.07. The van der Waals surface area contributed by atoms with E-state index in [1.807, 2.05) is 13.8 Å². The topological polar surface area (TPSA) is 66.8 Å². The molecule has 0 heterocycles. The molecule has 0 aliphatic carbocycles. The van der Waals surface area contributed by atoms with Crippen LogP contribution < -0.4 is 4.74 Å². The number of carboxylic acids is 1. The Kier molecular flexibility index (Phi) is 6.75. The number of carbonyl (C=O) groups is 2. The van der Waals surface area contributed by atoms with Crippen molar-refractivity contribution in [2.45, 2.75) is 26.9 Å². The number of rotatable bonds is 8. The van der Waals surface area contributed by atoms with E-state index in [2.05, 4.69) is 4.74 Å². The molecule has 1 aromatic rings. The molecule has 1 amide bonds. The lowest BCUT2D eigenvalue weighted by Gasteiger charge is -2.24. The molecular weight excluding hydrogens is 296 g/mol. The Labute approximate surface area is 127 Å². The van der Waals surface area contributed by atoms with Gasteiger partial charge >= 0.3 is 12.6 Å². The SMILES string of the molecule is CC(C)CN(CCC(=O)O)C(=O)c1cccc(OC(F)F)c1. The lowest BCUT2D eigenvalue weighted by molar-refractivity contribution is -0.137. The highest BCUT2D eigenvalue weighted by Gasteiger charge is 2.18. The lowest BCUT2D eigenvalue weighted by Crippen LogP contribution is -2.36. The summed E-state index contributed by atoms with van der Waals surface area (Å²) in [4.78, 5) is 24.5. The van der Waals surface area contributed by atoms with Crippen molar-refractivity contribution in [2.24, 2.45) is 5.92 Å². The van der Waals surface area contributed by atoms with Crippen LogP contribution in [0.3, 0.4) is 0 Å². The maximum absolute atomic E-state index is 12.4. The van der Waals surface area contributed by atoms with E-state index in [1.54, 1.807) is 0 Å². The first-order valence-electron chi connectivity index (χ1n) is 6.85. The first-order chi connectivity index (χ1) is 10.3. The number of halogens is 2. The van der Waals surface area contributed by atoms with Crippen LogP contribution in [0.5, 0.6) is 5.75 Å². The highest BCUT2D eigenvalue weighted by Crippen LogP contribution is 2.18. The number of carboxylic acid groups (broad SMARTS) is 1. The highest BCUT2D eigenvalue weighted by atomic mass is 19.3. The minimum atomic E-state index is -2.97. The van der Waals surface area contributed by atoms with Crippen molar-refractivity contribution in [1.29, 1.82) is 0 Å². The molecule has 122 valence electrons. The van der Waals surface area contributed by atoms with Crippen molar-refractivity contribution in [1.82, 2.24) is 4.90 Å². The van der Waals surface area contributed by atoms with Crippen LogP contribution in [0.25, 0.3) is 0 Å². The fraction of sp³-hybridized carbons (Fsp3) is 0.467. The molecule has 0 radical (unpaired) electrons. The van der Waals surface area contributed by atoms with Crippen LogP contribution in [0, 0.1) is 5.92 Å². The molecule has 1 rings (SSSR count). The van der Waals surface area contributed by atoms with E-state index in [9.17, 15) is 18.4 Å². The predicted octanol–water partition coefficient (Wildman–Crippen LogP) is 2.86. The summed E-state index contributed by atoms with van der Waals surface area (Å²) in [6.45, 7) is 1.27. The summed E-state index contributed by atoms with van der Waals surface area (Å²) >= 11 is 0. The number of nitrogens with zero attached hydrogens (tertiary/aromatic N) is 1. The summed E-state index contributed by atoms with van der Waals surface area (Å²) in [5, 5.41) is 8.75. The summed E-state index contributed by atoms with van der Waals surface area (Å²) in [6, 6.07) is 5.47. The second kappa shape index (κ2) is 8.31. The van der Waals surface area contributed by atoms with E-state index in [4.69, 9.17) is 5.11 Å². The van der Waals surface area contributed by atoms with Crippen molar-refractivity contribution in [2.75, 3.05) is 13.1 Å². The van der Waals surface area contributed by atoms with Gasteiger partial charge in [-0.15, -0.1) is 0 Å². The third-order valence-electron chi connectivity index (χ3n) is 2.77. The van der Waals surface area contributed by atoms with Crippen molar-refractivity contribution >= 4 is 11.9 Å². The molecule has 22 heavy (non-hydrogen) atoms. The van der Waals surface area contributed by atoms with Crippen LogP contribution in [0.15, 0.2) is 24.3 Å². The van der Waals surface area contributed by atoms with Crippen molar-refractivity contribution in [3.05, 3.63) is 29.8 Å². The lowest BCUT2D eigenvalue weighted by atomic mass is 10.1. The van der Waals surface area contributed by atoms with Gasteiger partial charge in [-0.05, 0) is 24.1 Å². The number of benzene rings is 1. The normalized spacial score (nSPS) is 10.8. The minimum absolute atomic E-state index is 0.0618. The monoisotopic (exact) mass is 315 g/mol. The average molecular weight is 315 g/mol. The summed E-state index contributed by atoms with van der Waals surface area (Å²) < 4.78 is 28.7. The average Bonchev–Trinajstić information content (AvgIpc) is 2.41. The molecule has 5 nitrogen and oxygen atoms in total. The van der Waals surface area contributed by atoms with E-state index in [0.717, 1.165) is 0 Å². The minimum Gasteiger partial charge on any atom is -0.481 e. The van der Waals surface area contributed by atoms with Crippen molar-refractivity contribution < 1.29 is 28.2 Å². The van der Waals surface area contributed by atoms with Gasteiger partial charge in [0.2, 0.25) is 0 Å². The molecule has 0 unspecified atom stereocenters. The number of ether oxygens (including phenoxy) is 1. The molecule has 0 saturated carbocycles. The van der Waals surface area contributed by atoms with Crippen LogP contribution in [0.1, 0.15) is 30.6 Å². The zero-order valence-corrected chi connectivity index (χ0v) is 12.5. The Bertz CT molecular complexity index is 520. The van der Waals surface area contributed by atoms with E-state index in [-0.39, 0.29) is 30.2 Å². The van der Waals surface area contributed by atoms with Crippen LogP contribution in [-0.2, 0) is 4.79 Å². The molecular formula is C15H19F2NO4. The van der Waals surface area contributed by atoms with Gasteiger partial charge in [-0.2, -0.15) is 8.78 Å². The van der Waals surface area contributed by atoms with Gasteiger partial charge in [-0.3, -0.25) is 9.59 Å². The fourth-order valence-corrected chi connectivity index (χ4v) is 1.94. The molecule has 1 N–H and O–H groups in total. The number of hydrogen-bond donors (Lipinski definition) is 1. The molecule has 1 aromatic carbocycles. The first kappa shape index (κ1) is 17.9. The second-order valence-corrected chi connectivity index (χ2v) is 5.20. The van der Waals surface area contributed by atoms with E-state index in [1.165, 1.54) is 29.2 Å². The van der Waals surface area contributed by atoms with Gasteiger partial charge in [-0.25, -0.2) is 0 Å². The summed E-state index contributed by atoms with van der Waals surface area (Å²) in [5.74, 6) is -1.37. The maximum Gasteiger partial charge on any atom is 0.387 e. The molecule has 0 aliphatic heterocycles. The van der Waals surface area contributed by atoms with Gasteiger partial charge in [0.1, 0.15) is 5.75 Å². The van der Waals surface area contributed by atoms with Crippen LogP contribution in [-0.4, -0.2) is 41.6 Å².